The Morgan fingerprint density at radius 3 is 0.889 bits per heavy atom. The average Bonchev–Trinajstić information content (AvgIpc) is 3.57. The van der Waals surface area contributed by atoms with Crippen LogP contribution in [-0.2, 0) is 38.1 Å². The number of carbonyl (C=O) groups excluding carboxylic acids is 4. The first-order valence-electron chi connectivity index (χ1n) is 25.4. The second-order valence-corrected chi connectivity index (χ2v) is 18.2. The number of nitriles is 4. The third-order valence-electron chi connectivity index (χ3n) is 12.8. The number of rotatable bonds is 20. The molecule has 0 N–H and O–H groups in total. The van der Waals surface area contributed by atoms with Gasteiger partial charge in [0.15, 0.2) is 0 Å². The molecule has 8 aromatic rings. The van der Waals surface area contributed by atoms with Crippen LogP contribution in [-0.4, -0.2) is 50.3 Å². The molecule has 0 atom stereocenters. The third-order valence-corrected chi connectivity index (χ3v) is 12.8. The maximum Gasteiger partial charge on any atom is 0.349 e. The molecular formula is C69H48N4O8. The van der Waals surface area contributed by atoms with Crippen molar-refractivity contribution in [3.63, 3.8) is 0 Å². The first-order chi connectivity index (χ1) is 39.6. The Hall–Kier alpha value is -11.4. The lowest BCUT2D eigenvalue weighted by molar-refractivity contribution is -0.164. The Morgan fingerprint density at radius 2 is 0.605 bits per heavy atom. The summed E-state index contributed by atoms with van der Waals surface area (Å²) >= 11 is 0. The molecule has 0 aromatic heterocycles. The summed E-state index contributed by atoms with van der Waals surface area (Å²) in [6.07, 6.45) is 3.07. The van der Waals surface area contributed by atoms with Crippen molar-refractivity contribution in [2.24, 2.45) is 5.41 Å². The van der Waals surface area contributed by atoms with E-state index in [1.165, 1.54) is 24.3 Å². The minimum atomic E-state index is -2.06. The van der Waals surface area contributed by atoms with Gasteiger partial charge in [0, 0.05) is 22.3 Å². The summed E-state index contributed by atoms with van der Waals surface area (Å²) in [4.78, 5) is 59.3. The molecule has 8 aromatic carbocycles. The topological polar surface area (TPSA) is 200 Å². The van der Waals surface area contributed by atoms with Crippen molar-refractivity contribution in [1.29, 1.82) is 21.0 Å². The number of hydrogen-bond acceptors (Lipinski definition) is 12. The van der Waals surface area contributed by atoms with Crippen molar-refractivity contribution in [3.8, 4) is 24.3 Å². The van der Waals surface area contributed by atoms with E-state index >= 15 is 0 Å². The lowest BCUT2D eigenvalue weighted by atomic mass is 9.90. The Labute approximate surface area is 468 Å². The molecule has 0 aliphatic rings. The van der Waals surface area contributed by atoms with E-state index in [-0.39, 0.29) is 44.5 Å². The Morgan fingerprint density at radius 1 is 0.346 bits per heavy atom. The van der Waals surface area contributed by atoms with Crippen molar-refractivity contribution in [1.82, 2.24) is 0 Å². The van der Waals surface area contributed by atoms with Gasteiger partial charge in [0.25, 0.3) is 0 Å². The van der Waals surface area contributed by atoms with Gasteiger partial charge in [-0.25, -0.2) is 19.2 Å². The Kier molecular flexibility index (Phi) is 19.0. The van der Waals surface area contributed by atoms with E-state index < -0.39 is 66.9 Å². The highest BCUT2D eigenvalue weighted by atomic mass is 16.6. The number of benzene rings is 8. The normalized spacial score (nSPS) is 11.0. The van der Waals surface area contributed by atoms with Gasteiger partial charge in [-0.15, -0.1) is 0 Å². The quantitative estimate of drug-likeness (QED) is 0.0230. The highest BCUT2D eigenvalue weighted by molar-refractivity contribution is 6.23. The van der Waals surface area contributed by atoms with Crippen LogP contribution in [0.1, 0.15) is 55.6 Å². The fourth-order valence-corrected chi connectivity index (χ4v) is 8.72. The van der Waals surface area contributed by atoms with Crippen LogP contribution in [0.15, 0.2) is 242 Å². The Bertz CT molecular complexity index is 3530. The van der Waals surface area contributed by atoms with Gasteiger partial charge in [-0.05, 0) is 57.7 Å². The maximum absolute atomic E-state index is 14.9. The van der Waals surface area contributed by atoms with E-state index in [4.69, 9.17) is 18.9 Å². The van der Waals surface area contributed by atoms with Gasteiger partial charge in [0.1, 0.15) is 55.1 Å². The molecule has 0 amide bonds. The van der Waals surface area contributed by atoms with Crippen LogP contribution in [0, 0.1) is 50.7 Å². The van der Waals surface area contributed by atoms with E-state index in [0.717, 1.165) is 0 Å². The fourth-order valence-electron chi connectivity index (χ4n) is 8.72. The van der Waals surface area contributed by atoms with Crippen molar-refractivity contribution in [2.75, 3.05) is 26.4 Å². The molecule has 0 aliphatic carbocycles. The summed E-state index contributed by atoms with van der Waals surface area (Å²) in [6.45, 7) is -3.34. The lowest BCUT2D eigenvalue weighted by Gasteiger charge is -2.32. The number of hydrogen-bond donors (Lipinski definition) is 0. The highest BCUT2D eigenvalue weighted by Gasteiger charge is 2.40. The summed E-state index contributed by atoms with van der Waals surface area (Å²) in [7, 11) is 0. The smallest absolute Gasteiger partial charge is 0.349 e. The zero-order valence-electron chi connectivity index (χ0n) is 43.5. The molecule has 392 valence electrons. The largest absolute Gasteiger partial charge is 0.461 e. The molecule has 12 nitrogen and oxygen atoms in total. The van der Waals surface area contributed by atoms with Crippen LogP contribution in [0.25, 0.3) is 34.4 Å². The van der Waals surface area contributed by atoms with Gasteiger partial charge in [-0.2, -0.15) is 21.0 Å². The van der Waals surface area contributed by atoms with Crippen molar-refractivity contribution in [3.05, 3.63) is 297 Å². The predicted octanol–water partition coefficient (Wildman–Crippen LogP) is 12.4. The minimum absolute atomic E-state index is 0.0606. The van der Waals surface area contributed by atoms with E-state index in [1.54, 1.807) is 218 Å². The number of nitrogens with zero attached hydrogens (tertiary/aromatic N) is 4. The van der Waals surface area contributed by atoms with Gasteiger partial charge in [0.2, 0.25) is 0 Å². The molecule has 81 heavy (non-hydrogen) atoms. The molecule has 0 unspecified atom stereocenters. The van der Waals surface area contributed by atoms with Gasteiger partial charge < -0.3 is 18.9 Å². The van der Waals surface area contributed by atoms with Gasteiger partial charge >= 0.3 is 23.9 Å². The molecule has 0 fully saturated rings. The number of carbonyl (C=O) groups is 4. The molecular weight excluding hydrogens is 1010 g/mol. The lowest BCUT2D eigenvalue weighted by Crippen LogP contribution is -2.44. The molecule has 8 rings (SSSR count). The van der Waals surface area contributed by atoms with E-state index in [2.05, 4.69) is 12.1 Å². The third kappa shape index (κ3) is 14.1. The summed E-state index contributed by atoms with van der Waals surface area (Å²) in [5.74, 6) is -4.24. The molecule has 0 saturated heterocycles. The highest BCUT2D eigenvalue weighted by Crippen LogP contribution is 2.33. The first-order valence-corrected chi connectivity index (χ1v) is 25.4. The van der Waals surface area contributed by atoms with E-state index in [0.29, 0.717) is 33.4 Å². The zero-order chi connectivity index (χ0) is 56.8. The zero-order valence-corrected chi connectivity index (χ0v) is 43.5. The van der Waals surface area contributed by atoms with Crippen molar-refractivity contribution in [2.45, 2.75) is 0 Å². The van der Waals surface area contributed by atoms with Gasteiger partial charge in [-0.1, -0.05) is 218 Å². The van der Waals surface area contributed by atoms with Crippen molar-refractivity contribution < 1.29 is 38.1 Å². The first kappa shape index (κ1) is 55.8. The van der Waals surface area contributed by atoms with Crippen LogP contribution in [0.2, 0.25) is 0 Å². The second kappa shape index (κ2) is 27.6. The van der Waals surface area contributed by atoms with Crippen LogP contribution in [0.4, 0.5) is 0 Å². The fraction of sp³-hybridized carbons (Fsp3) is 0.0725. The van der Waals surface area contributed by atoms with E-state index in [9.17, 15) is 40.2 Å². The average molecular weight is 1060 g/mol. The molecule has 0 bridgehead atoms. The number of ether oxygens (including phenoxy) is 4. The second-order valence-electron chi connectivity index (χ2n) is 18.2. The van der Waals surface area contributed by atoms with Crippen LogP contribution >= 0.6 is 0 Å². The minimum Gasteiger partial charge on any atom is -0.461 e. The summed E-state index contributed by atoms with van der Waals surface area (Å²) in [6, 6.07) is 73.6. The SMILES string of the molecule is N#CC(C(=O)OCC(COC(=O)C(C#N)=C(c1ccccc1)c1ccccc1)(COC(=O)/C(=C\c1ccccc1)c1ccccc1C#N)COC(=O)/C(=C/c1ccccc1)c1ccccc1C#N)=C(c1ccccc1)c1ccccc1. The van der Waals surface area contributed by atoms with E-state index in [1.807, 2.05) is 12.1 Å². The molecule has 12 heteroatoms. The van der Waals surface area contributed by atoms with Gasteiger partial charge in [-0.3, -0.25) is 0 Å². The molecule has 0 heterocycles. The summed E-state index contributed by atoms with van der Waals surface area (Å²) in [5.41, 5.74) is 1.34. The summed E-state index contributed by atoms with van der Waals surface area (Å²) < 4.78 is 24.7. The van der Waals surface area contributed by atoms with Crippen LogP contribution < -0.4 is 0 Å². The number of esters is 4. The standard InChI is InChI=1S/C69H48N4O8/c70-41-55-35-19-21-37-57(55)59(39-49-23-7-1-8-24-49)65(74)78-45-69(46-79-66(75)60(40-50-25-9-2-10-26-50)58-38-22-20-36-56(58)42-71,47-80-67(76)61(43-72)63(51-27-11-3-12-28-51)52-29-13-4-14-30-52)48-81-68(77)62(44-73)64(53-31-15-5-16-32-53)54-33-17-6-18-34-54/h1-40H,45-48H2/b59-39-,60-40+. The van der Waals surface area contributed by atoms with Gasteiger partial charge in [0.05, 0.1) is 34.4 Å². The van der Waals surface area contributed by atoms with Crippen LogP contribution in [0.5, 0.6) is 0 Å². The Balaban J connectivity index is 1.28. The van der Waals surface area contributed by atoms with Crippen LogP contribution in [0.3, 0.4) is 0 Å². The van der Waals surface area contributed by atoms with Crippen molar-refractivity contribution >= 4 is 58.3 Å². The molecule has 0 spiro atoms. The summed E-state index contributed by atoms with van der Waals surface area (Å²) in [5, 5.41) is 42.1. The predicted molar refractivity (Wildman–Crippen MR) is 306 cm³/mol. The molecule has 0 saturated carbocycles. The monoisotopic (exact) mass is 1060 g/mol. The molecule has 0 aliphatic heterocycles. The molecule has 0 radical (unpaired) electrons. The maximum atomic E-state index is 14.9.